The first-order valence-electron chi connectivity index (χ1n) is 12.0. The van der Waals surface area contributed by atoms with Gasteiger partial charge in [-0.1, -0.05) is 12.8 Å². The van der Waals surface area contributed by atoms with Crippen molar-refractivity contribution in [2.75, 3.05) is 23.7 Å². The molecule has 2 heterocycles. The molecule has 2 fully saturated rings. The van der Waals surface area contributed by atoms with Gasteiger partial charge >= 0.3 is 0 Å². The molecule has 2 atom stereocenters. The standard InChI is InChI=1S/C24H33N7O3/c1-14-13-15(9-10-16(14)23(34)31-11-5-2-6-12-31)27-21-19(20(26)32)22(33)30-24(29-21)28-18-8-4-3-7-17(18)25/h9-10,13,17-18H,2-8,11-12,25H2,1H3,(H2,26,32)(H3,27,28,29,30,33)/t17-,18-/m0/s1. The van der Waals surface area contributed by atoms with Crippen LogP contribution >= 0.6 is 0 Å². The minimum atomic E-state index is -0.884. The number of aromatic nitrogens is 2. The second-order valence-corrected chi connectivity index (χ2v) is 9.21. The van der Waals surface area contributed by atoms with Crippen molar-refractivity contribution in [2.24, 2.45) is 11.5 Å². The zero-order valence-electron chi connectivity index (χ0n) is 19.5. The third kappa shape index (κ3) is 5.22. The highest BCUT2D eigenvalue weighted by Crippen LogP contribution is 2.24. The third-order valence-corrected chi connectivity index (χ3v) is 6.67. The van der Waals surface area contributed by atoms with Crippen molar-refractivity contribution in [3.05, 3.63) is 45.2 Å². The molecule has 10 nitrogen and oxygen atoms in total. The van der Waals surface area contributed by atoms with E-state index in [4.69, 9.17) is 11.5 Å². The van der Waals surface area contributed by atoms with E-state index in [1.165, 1.54) is 0 Å². The topological polar surface area (TPSA) is 159 Å². The molecule has 2 aliphatic rings. The van der Waals surface area contributed by atoms with E-state index in [1.54, 1.807) is 18.2 Å². The van der Waals surface area contributed by atoms with E-state index in [-0.39, 0.29) is 35.3 Å². The van der Waals surface area contributed by atoms with Crippen LogP contribution in [0, 0.1) is 6.92 Å². The van der Waals surface area contributed by atoms with Gasteiger partial charge in [0.15, 0.2) is 5.82 Å². The number of aromatic amines is 1. The predicted molar refractivity (Wildman–Crippen MR) is 131 cm³/mol. The number of aryl methyl sites for hydroxylation is 1. The summed E-state index contributed by atoms with van der Waals surface area (Å²) in [6, 6.07) is 5.23. The van der Waals surface area contributed by atoms with Gasteiger partial charge in [0, 0.05) is 36.4 Å². The molecule has 1 aliphatic carbocycles. The number of nitrogens with one attached hydrogen (secondary N) is 3. The molecule has 1 aromatic carbocycles. The van der Waals surface area contributed by atoms with E-state index in [9.17, 15) is 14.4 Å². The molecule has 0 radical (unpaired) electrons. The Balaban J connectivity index is 1.58. The summed E-state index contributed by atoms with van der Waals surface area (Å²) >= 11 is 0. The fourth-order valence-corrected chi connectivity index (χ4v) is 4.76. The molecule has 2 amide bonds. The Hall–Kier alpha value is -3.40. The van der Waals surface area contributed by atoms with Gasteiger partial charge in [-0.05, 0) is 62.8 Å². The van der Waals surface area contributed by atoms with Gasteiger partial charge in [-0.2, -0.15) is 4.98 Å². The second kappa shape index (κ2) is 10.3. The zero-order chi connectivity index (χ0) is 24.2. The highest BCUT2D eigenvalue weighted by atomic mass is 16.2. The largest absolute Gasteiger partial charge is 0.365 e. The molecular formula is C24H33N7O3. The predicted octanol–water partition coefficient (Wildman–Crippen LogP) is 2.23. The smallest absolute Gasteiger partial charge is 0.267 e. The van der Waals surface area contributed by atoms with E-state index in [2.05, 4.69) is 20.6 Å². The number of nitrogens with two attached hydrogens (primary N) is 2. The Morgan fingerprint density at radius 1 is 1.12 bits per heavy atom. The van der Waals surface area contributed by atoms with Crippen LogP contribution in [0.25, 0.3) is 0 Å². The summed E-state index contributed by atoms with van der Waals surface area (Å²) in [5, 5.41) is 6.24. The number of rotatable bonds is 6. The van der Waals surface area contributed by atoms with Crippen LogP contribution in [0.3, 0.4) is 0 Å². The van der Waals surface area contributed by atoms with Gasteiger partial charge in [0.05, 0.1) is 0 Å². The Bertz CT molecular complexity index is 1120. The van der Waals surface area contributed by atoms with Crippen molar-refractivity contribution in [1.29, 1.82) is 0 Å². The van der Waals surface area contributed by atoms with Gasteiger partial charge in [-0.3, -0.25) is 19.4 Å². The van der Waals surface area contributed by atoms with Gasteiger partial charge in [-0.15, -0.1) is 0 Å². The number of hydrogen-bond donors (Lipinski definition) is 5. The highest BCUT2D eigenvalue weighted by molar-refractivity contribution is 5.98. The van der Waals surface area contributed by atoms with Crippen LogP contribution < -0.4 is 27.7 Å². The normalized spacial score (nSPS) is 20.6. The number of primary amides is 1. The van der Waals surface area contributed by atoms with Crippen LogP contribution in [0.5, 0.6) is 0 Å². The van der Waals surface area contributed by atoms with Crippen LogP contribution in [-0.2, 0) is 0 Å². The SMILES string of the molecule is Cc1cc(Nc2nc(N[C@H]3CCCC[C@@H]3N)[nH]c(=O)c2C(N)=O)ccc1C(=O)N1CCCCC1. The van der Waals surface area contributed by atoms with Gasteiger partial charge in [0.1, 0.15) is 5.56 Å². The average molecular weight is 468 g/mol. The lowest BCUT2D eigenvalue weighted by Crippen LogP contribution is -2.43. The minimum Gasteiger partial charge on any atom is -0.365 e. The Morgan fingerprint density at radius 3 is 2.53 bits per heavy atom. The van der Waals surface area contributed by atoms with Crippen LogP contribution in [0.2, 0.25) is 0 Å². The third-order valence-electron chi connectivity index (χ3n) is 6.67. The van der Waals surface area contributed by atoms with Gasteiger partial charge in [0.25, 0.3) is 17.4 Å². The molecule has 1 saturated carbocycles. The molecule has 1 aliphatic heterocycles. The summed E-state index contributed by atoms with van der Waals surface area (Å²) in [5.74, 6) is -0.581. The second-order valence-electron chi connectivity index (χ2n) is 9.21. The first-order chi connectivity index (χ1) is 16.3. The molecule has 7 N–H and O–H groups in total. The molecule has 34 heavy (non-hydrogen) atoms. The Kier molecular flexibility index (Phi) is 7.16. The summed E-state index contributed by atoms with van der Waals surface area (Å²) in [6.45, 7) is 3.41. The summed E-state index contributed by atoms with van der Waals surface area (Å²) in [6.07, 6.45) is 7.09. The molecule has 182 valence electrons. The molecule has 10 heteroatoms. The van der Waals surface area contributed by atoms with Gasteiger partial charge in [-0.25, -0.2) is 0 Å². The van der Waals surface area contributed by atoms with Crippen molar-refractivity contribution in [3.63, 3.8) is 0 Å². The lowest BCUT2D eigenvalue weighted by Gasteiger charge is -2.29. The monoisotopic (exact) mass is 467 g/mol. The van der Waals surface area contributed by atoms with Crippen molar-refractivity contribution in [3.8, 4) is 0 Å². The average Bonchev–Trinajstić information content (AvgIpc) is 2.80. The lowest BCUT2D eigenvalue weighted by molar-refractivity contribution is 0.0723. The molecule has 2 aromatic rings. The molecule has 0 bridgehead atoms. The molecular weight excluding hydrogens is 434 g/mol. The van der Waals surface area contributed by atoms with Crippen LogP contribution in [0.1, 0.15) is 71.2 Å². The first-order valence-corrected chi connectivity index (χ1v) is 12.0. The molecule has 1 saturated heterocycles. The Labute approximate surface area is 198 Å². The number of carbonyl (C=O) groups excluding carboxylic acids is 2. The molecule has 1 aromatic heterocycles. The number of hydrogen-bond acceptors (Lipinski definition) is 7. The summed E-state index contributed by atoms with van der Waals surface area (Å²) in [4.78, 5) is 46.5. The first kappa shape index (κ1) is 23.7. The van der Waals surface area contributed by atoms with E-state index >= 15 is 0 Å². The maximum atomic E-state index is 12.9. The van der Waals surface area contributed by atoms with Crippen LogP contribution in [0.15, 0.2) is 23.0 Å². The number of carbonyl (C=O) groups is 2. The van der Waals surface area contributed by atoms with E-state index < -0.39 is 11.5 Å². The molecule has 0 unspecified atom stereocenters. The fraction of sp³-hybridized carbons (Fsp3) is 0.500. The number of benzene rings is 1. The van der Waals surface area contributed by atoms with Crippen molar-refractivity contribution in [1.82, 2.24) is 14.9 Å². The number of H-pyrrole nitrogens is 1. The highest BCUT2D eigenvalue weighted by Gasteiger charge is 2.24. The number of anilines is 3. The summed E-state index contributed by atoms with van der Waals surface area (Å²) in [7, 11) is 0. The number of amides is 2. The number of nitrogens with zero attached hydrogens (tertiary/aromatic N) is 2. The maximum Gasteiger partial charge on any atom is 0.267 e. The maximum absolute atomic E-state index is 12.9. The van der Waals surface area contributed by atoms with E-state index in [0.29, 0.717) is 11.3 Å². The molecule has 0 spiro atoms. The van der Waals surface area contributed by atoms with Crippen molar-refractivity contribution < 1.29 is 9.59 Å². The Morgan fingerprint density at radius 2 is 1.85 bits per heavy atom. The number of piperidine rings is 1. The van der Waals surface area contributed by atoms with Crippen molar-refractivity contribution >= 4 is 29.3 Å². The summed E-state index contributed by atoms with van der Waals surface area (Å²) < 4.78 is 0. The zero-order valence-corrected chi connectivity index (χ0v) is 19.5. The van der Waals surface area contributed by atoms with Crippen LogP contribution in [0.4, 0.5) is 17.5 Å². The van der Waals surface area contributed by atoms with E-state index in [0.717, 1.165) is 63.6 Å². The van der Waals surface area contributed by atoms with Gasteiger partial charge < -0.3 is 27.0 Å². The number of likely N-dealkylation sites (tertiary alicyclic amines) is 1. The minimum absolute atomic E-state index is 0.0196. The quantitative estimate of drug-likeness (QED) is 0.435. The van der Waals surface area contributed by atoms with Crippen molar-refractivity contribution in [2.45, 2.75) is 64.0 Å². The molecule has 4 rings (SSSR count). The summed E-state index contributed by atoms with van der Waals surface area (Å²) in [5.41, 5.74) is 12.8. The van der Waals surface area contributed by atoms with Crippen LogP contribution in [-0.4, -0.2) is 51.9 Å². The lowest BCUT2D eigenvalue weighted by atomic mass is 9.91. The van der Waals surface area contributed by atoms with Gasteiger partial charge in [0.2, 0.25) is 5.95 Å². The fourth-order valence-electron chi connectivity index (χ4n) is 4.76. The van der Waals surface area contributed by atoms with E-state index in [1.807, 2.05) is 11.8 Å².